The van der Waals surface area contributed by atoms with Crippen LogP contribution in [0, 0.1) is 5.92 Å². The lowest BCUT2D eigenvalue weighted by molar-refractivity contribution is -0.138. The number of nitrogens with zero attached hydrogens (tertiary/aromatic N) is 4. The smallest absolute Gasteiger partial charge is 0.303 e. The summed E-state index contributed by atoms with van der Waals surface area (Å²) in [7, 11) is 0. The Hall–Kier alpha value is -3.00. The Bertz CT molecular complexity index is 1290. The first-order chi connectivity index (χ1) is 15.0. The quantitative estimate of drug-likeness (QED) is 0.424. The Morgan fingerprint density at radius 3 is 2.74 bits per heavy atom. The Morgan fingerprint density at radius 1 is 1.19 bits per heavy atom. The average Bonchev–Trinajstić information content (AvgIpc) is 3.20. The van der Waals surface area contributed by atoms with Crippen LogP contribution in [0.1, 0.15) is 43.7 Å². The summed E-state index contributed by atoms with van der Waals surface area (Å²) in [6.45, 7) is 0. The molecule has 0 amide bonds. The second-order valence-electron chi connectivity index (χ2n) is 8.22. The highest BCUT2D eigenvalue weighted by molar-refractivity contribution is 9.10. The number of halogens is 1. The summed E-state index contributed by atoms with van der Waals surface area (Å²) in [6, 6.07) is 10.1. The molecule has 0 unspecified atom stereocenters. The summed E-state index contributed by atoms with van der Waals surface area (Å²) < 4.78 is 2.43. The zero-order chi connectivity index (χ0) is 21.5. The Labute approximate surface area is 187 Å². The van der Waals surface area contributed by atoms with E-state index in [-0.39, 0.29) is 18.3 Å². The fourth-order valence-corrected chi connectivity index (χ4v) is 5.17. The molecule has 5 rings (SSSR count). The Kier molecular flexibility index (Phi) is 5.09. The van der Waals surface area contributed by atoms with E-state index in [1.165, 1.54) is 0 Å². The van der Waals surface area contributed by atoms with Crippen molar-refractivity contribution in [3.05, 3.63) is 52.9 Å². The van der Waals surface area contributed by atoms with Crippen LogP contribution in [0.15, 0.2) is 47.2 Å². The van der Waals surface area contributed by atoms with Gasteiger partial charge in [0.2, 0.25) is 0 Å². The molecule has 31 heavy (non-hydrogen) atoms. The van der Waals surface area contributed by atoms with Crippen molar-refractivity contribution in [2.24, 2.45) is 5.92 Å². The first-order valence-electron chi connectivity index (χ1n) is 10.4. The van der Waals surface area contributed by atoms with E-state index < -0.39 is 5.97 Å². The number of aliphatic carboxylic acids is 1. The number of hydrogen-bond acceptors (Lipinski definition) is 5. The number of fused-ring (bicyclic) bond motifs is 2. The van der Waals surface area contributed by atoms with Gasteiger partial charge in [0.25, 0.3) is 0 Å². The van der Waals surface area contributed by atoms with E-state index in [9.17, 15) is 4.79 Å². The molecule has 3 N–H and O–H groups in total. The van der Waals surface area contributed by atoms with Gasteiger partial charge in [-0.25, -0.2) is 4.98 Å². The molecule has 1 saturated carbocycles. The summed E-state index contributed by atoms with van der Waals surface area (Å²) in [4.78, 5) is 20.6. The van der Waals surface area contributed by atoms with Gasteiger partial charge < -0.3 is 10.8 Å². The van der Waals surface area contributed by atoms with Crippen LogP contribution >= 0.6 is 15.9 Å². The molecule has 0 atom stereocenters. The lowest BCUT2D eigenvalue weighted by atomic mass is 9.79. The van der Waals surface area contributed by atoms with E-state index in [2.05, 4.69) is 32.1 Å². The average molecular weight is 480 g/mol. The van der Waals surface area contributed by atoms with Crippen molar-refractivity contribution < 1.29 is 9.90 Å². The monoisotopic (exact) mass is 479 g/mol. The maximum Gasteiger partial charge on any atom is 0.303 e. The molecule has 8 heteroatoms. The lowest BCUT2D eigenvalue weighted by Crippen LogP contribution is -2.18. The van der Waals surface area contributed by atoms with Gasteiger partial charge in [-0.1, -0.05) is 18.2 Å². The van der Waals surface area contributed by atoms with E-state index in [4.69, 9.17) is 15.8 Å². The molecule has 158 valence electrons. The van der Waals surface area contributed by atoms with Gasteiger partial charge >= 0.3 is 5.97 Å². The van der Waals surface area contributed by atoms with E-state index in [1.54, 1.807) is 10.7 Å². The Morgan fingerprint density at radius 2 is 1.97 bits per heavy atom. The van der Waals surface area contributed by atoms with Gasteiger partial charge in [-0.15, -0.1) is 0 Å². The summed E-state index contributed by atoms with van der Waals surface area (Å²) >= 11 is 3.64. The first-order valence-corrected chi connectivity index (χ1v) is 11.2. The molecule has 1 aliphatic rings. The highest BCUT2D eigenvalue weighted by Crippen LogP contribution is 2.41. The highest BCUT2D eigenvalue weighted by Gasteiger charge is 2.28. The van der Waals surface area contributed by atoms with E-state index in [0.29, 0.717) is 11.5 Å². The molecule has 4 aromatic rings. The van der Waals surface area contributed by atoms with Crippen LogP contribution in [0.4, 0.5) is 5.82 Å². The van der Waals surface area contributed by atoms with Crippen molar-refractivity contribution in [2.45, 2.75) is 38.0 Å². The van der Waals surface area contributed by atoms with Crippen LogP contribution < -0.4 is 5.73 Å². The predicted molar refractivity (Wildman–Crippen MR) is 123 cm³/mol. The highest BCUT2D eigenvalue weighted by atomic mass is 79.9. The topological polar surface area (TPSA) is 106 Å². The molecule has 0 aliphatic heterocycles. The van der Waals surface area contributed by atoms with Gasteiger partial charge in [0.1, 0.15) is 5.82 Å². The van der Waals surface area contributed by atoms with Gasteiger partial charge in [0.05, 0.1) is 21.9 Å². The van der Waals surface area contributed by atoms with Crippen LogP contribution in [0.2, 0.25) is 0 Å². The number of carbonyl (C=O) groups is 1. The number of carboxylic acids is 1. The standard InChI is InChI=1S/C23H22BrN5O2/c24-20-21(14-7-5-13(6-8-14)9-19(30)31)28-23-17(12-27-29(23)22(20)25)16-10-15-3-1-2-4-18(15)26-11-16/h1-4,10-14H,5-9,25H2,(H,30,31)/t13-,14+. The third-order valence-corrected chi connectivity index (χ3v) is 7.06. The zero-order valence-electron chi connectivity index (χ0n) is 16.8. The van der Waals surface area contributed by atoms with Crippen molar-refractivity contribution >= 4 is 44.3 Å². The second-order valence-corrected chi connectivity index (χ2v) is 9.02. The van der Waals surface area contributed by atoms with Gasteiger partial charge in [-0.05, 0) is 59.7 Å². The van der Waals surface area contributed by atoms with Crippen molar-refractivity contribution in [3.63, 3.8) is 0 Å². The predicted octanol–water partition coefficient (Wildman–Crippen LogP) is 5.04. The van der Waals surface area contributed by atoms with Gasteiger partial charge in [-0.3, -0.25) is 9.78 Å². The number of hydrogen-bond donors (Lipinski definition) is 2. The maximum absolute atomic E-state index is 11.0. The number of carboxylic acid groups (broad SMARTS) is 1. The van der Waals surface area contributed by atoms with Crippen LogP contribution in [-0.4, -0.2) is 30.7 Å². The Balaban J connectivity index is 1.54. The van der Waals surface area contributed by atoms with Gasteiger partial charge in [0.15, 0.2) is 5.65 Å². The van der Waals surface area contributed by atoms with Crippen LogP contribution in [0.25, 0.3) is 27.7 Å². The fourth-order valence-electron chi connectivity index (χ4n) is 4.59. The molecule has 0 spiro atoms. The number of benzene rings is 1. The number of aromatic nitrogens is 4. The molecule has 1 aliphatic carbocycles. The SMILES string of the molecule is Nc1c(Br)c([C@H]2CC[C@@H](CC(=O)O)CC2)nc2c(-c3cnc4ccccc4c3)cnn12. The lowest BCUT2D eigenvalue weighted by Gasteiger charge is -2.28. The first kappa shape index (κ1) is 19.9. The summed E-state index contributed by atoms with van der Waals surface area (Å²) in [5.74, 6) is 0.279. The molecule has 3 aromatic heterocycles. The summed E-state index contributed by atoms with van der Waals surface area (Å²) in [6.07, 6.45) is 7.44. The zero-order valence-corrected chi connectivity index (χ0v) is 18.4. The van der Waals surface area contributed by atoms with Crippen molar-refractivity contribution in [2.75, 3.05) is 5.73 Å². The molecule has 0 saturated heterocycles. The van der Waals surface area contributed by atoms with Gasteiger partial charge in [-0.2, -0.15) is 9.61 Å². The van der Waals surface area contributed by atoms with Crippen LogP contribution in [0.5, 0.6) is 0 Å². The van der Waals surface area contributed by atoms with Crippen molar-refractivity contribution in [3.8, 4) is 11.1 Å². The molecule has 0 bridgehead atoms. The van der Waals surface area contributed by atoms with Crippen molar-refractivity contribution in [1.82, 2.24) is 19.6 Å². The van der Waals surface area contributed by atoms with E-state index in [0.717, 1.165) is 57.9 Å². The minimum atomic E-state index is -0.721. The fraction of sp³-hybridized carbons (Fsp3) is 0.304. The molecule has 3 heterocycles. The maximum atomic E-state index is 11.0. The third kappa shape index (κ3) is 3.65. The number of nitrogen functional groups attached to an aromatic ring is 1. The molecule has 0 radical (unpaired) electrons. The normalized spacial score (nSPS) is 19.1. The number of rotatable bonds is 4. The summed E-state index contributed by atoms with van der Waals surface area (Å²) in [5.41, 5.74) is 10.8. The van der Waals surface area contributed by atoms with Crippen LogP contribution in [0.3, 0.4) is 0 Å². The number of nitrogens with two attached hydrogens (primary N) is 1. The van der Waals surface area contributed by atoms with E-state index in [1.807, 2.05) is 30.5 Å². The van der Waals surface area contributed by atoms with Gasteiger partial charge in [0, 0.05) is 35.0 Å². The third-order valence-electron chi connectivity index (χ3n) is 6.25. The second kappa shape index (κ2) is 7.92. The summed E-state index contributed by atoms with van der Waals surface area (Å²) in [5, 5.41) is 14.6. The van der Waals surface area contributed by atoms with Crippen LogP contribution in [-0.2, 0) is 4.79 Å². The number of anilines is 1. The molecular formula is C23H22BrN5O2. The molecule has 1 aromatic carbocycles. The number of pyridine rings is 1. The molecular weight excluding hydrogens is 458 g/mol. The minimum Gasteiger partial charge on any atom is -0.481 e. The molecule has 7 nitrogen and oxygen atoms in total. The number of para-hydroxylation sites is 1. The minimum absolute atomic E-state index is 0.239. The largest absolute Gasteiger partial charge is 0.481 e. The van der Waals surface area contributed by atoms with Crippen molar-refractivity contribution in [1.29, 1.82) is 0 Å². The van der Waals surface area contributed by atoms with E-state index >= 15 is 0 Å². The molecule has 1 fully saturated rings.